The molecule has 5 nitrogen and oxygen atoms in total. The van der Waals surface area contributed by atoms with Crippen molar-refractivity contribution in [1.29, 1.82) is 0 Å². The molecule has 0 aliphatic carbocycles. The minimum Gasteiger partial charge on any atom is -0.497 e. The molecule has 0 saturated carbocycles. The number of carbonyl (C=O) groups excluding carboxylic acids is 1. The van der Waals surface area contributed by atoms with Crippen molar-refractivity contribution in [1.82, 2.24) is 15.3 Å². The van der Waals surface area contributed by atoms with E-state index in [0.29, 0.717) is 4.88 Å². The molecular weight excluding hydrogens is 330 g/mol. The normalized spacial score (nSPS) is 11.9. The lowest BCUT2D eigenvalue weighted by atomic mass is 10.2. The Bertz CT molecular complexity index is 782. The number of thiazole rings is 2. The molecule has 1 aromatic carbocycles. The highest BCUT2D eigenvalue weighted by Crippen LogP contribution is 2.27. The van der Waals surface area contributed by atoms with E-state index in [4.69, 9.17) is 4.74 Å². The summed E-state index contributed by atoms with van der Waals surface area (Å²) in [6.45, 7) is 1.92. The molecule has 1 unspecified atom stereocenters. The van der Waals surface area contributed by atoms with Gasteiger partial charge in [0.15, 0.2) is 0 Å². The van der Waals surface area contributed by atoms with Crippen molar-refractivity contribution < 1.29 is 9.53 Å². The Hall–Kier alpha value is -2.25. The van der Waals surface area contributed by atoms with E-state index in [2.05, 4.69) is 15.3 Å². The van der Waals surface area contributed by atoms with Crippen LogP contribution < -0.4 is 10.1 Å². The zero-order valence-corrected chi connectivity index (χ0v) is 14.3. The number of ether oxygens (including phenoxy) is 1. The summed E-state index contributed by atoms with van der Waals surface area (Å²) in [5.41, 5.74) is 0.961. The number of amides is 1. The van der Waals surface area contributed by atoms with Crippen molar-refractivity contribution in [3.8, 4) is 16.3 Å². The average Bonchev–Trinajstić information content (AvgIpc) is 3.26. The lowest BCUT2D eigenvalue weighted by Gasteiger charge is -2.09. The highest BCUT2D eigenvalue weighted by molar-refractivity contribution is 7.16. The third kappa shape index (κ3) is 3.57. The number of carbonyl (C=O) groups is 1. The predicted octanol–water partition coefficient (Wildman–Crippen LogP) is 3.77. The molecule has 2 heterocycles. The average molecular weight is 345 g/mol. The van der Waals surface area contributed by atoms with Gasteiger partial charge < -0.3 is 10.1 Å². The number of nitrogens with one attached hydrogen (secondary N) is 1. The summed E-state index contributed by atoms with van der Waals surface area (Å²) in [6, 6.07) is 7.49. The zero-order valence-electron chi connectivity index (χ0n) is 12.6. The summed E-state index contributed by atoms with van der Waals surface area (Å²) in [5.74, 6) is 0.658. The molecule has 0 aliphatic rings. The summed E-state index contributed by atoms with van der Waals surface area (Å²) in [7, 11) is 1.63. The van der Waals surface area contributed by atoms with E-state index in [1.54, 1.807) is 19.5 Å². The molecular formula is C16H15N3O2S2. The van der Waals surface area contributed by atoms with Crippen LogP contribution in [0.15, 0.2) is 42.0 Å². The zero-order chi connectivity index (χ0) is 16.2. The van der Waals surface area contributed by atoms with Gasteiger partial charge in [-0.2, -0.15) is 0 Å². The molecule has 1 atom stereocenters. The molecule has 0 aliphatic heterocycles. The van der Waals surface area contributed by atoms with Gasteiger partial charge in [-0.15, -0.1) is 22.7 Å². The van der Waals surface area contributed by atoms with Gasteiger partial charge >= 0.3 is 0 Å². The monoisotopic (exact) mass is 345 g/mol. The van der Waals surface area contributed by atoms with E-state index in [1.165, 1.54) is 22.7 Å². The minimum atomic E-state index is -0.134. The van der Waals surface area contributed by atoms with Crippen molar-refractivity contribution >= 4 is 28.6 Å². The second kappa shape index (κ2) is 6.89. The van der Waals surface area contributed by atoms with Gasteiger partial charge in [0.05, 0.1) is 19.3 Å². The van der Waals surface area contributed by atoms with E-state index in [9.17, 15) is 4.79 Å². The van der Waals surface area contributed by atoms with E-state index in [1.807, 2.05) is 36.6 Å². The molecule has 0 bridgehead atoms. The maximum atomic E-state index is 12.3. The minimum absolute atomic E-state index is 0.117. The first kappa shape index (κ1) is 15.6. The molecule has 1 amide bonds. The van der Waals surface area contributed by atoms with Crippen LogP contribution in [0.4, 0.5) is 0 Å². The lowest BCUT2D eigenvalue weighted by Crippen LogP contribution is -2.25. The quantitative estimate of drug-likeness (QED) is 0.764. The number of methoxy groups -OCH3 is 1. The summed E-state index contributed by atoms with van der Waals surface area (Å²) >= 11 is 2.89. The smallest absolute Gasteiger partial charge is 0.263 e. The molecule has 23 heavy (non-hydrogen) atoms. The Labute approximate surface area is 142 Å². The highest BCUT2D eigenvalue weighted by atomic mass is 32.1. The second-order valence-corrected chi connectivity index (χ2v) is 6.78. The Morgan fingerprint density at radius 1 is 1.26 bits per heavy atom. The summed E-state index contributed by atoms with van der Waals surface area (Å²) in [4.78, 5) is 21.4. The van der Waals surface area contributed by atoms with Crippen LogP contribution >= 0.6 is 22.7 Å². The topological polar surface area (TPSA) is 64.1 Å². The number of rotatable bonds is 5. The van der Waals surface area contributed by atoms with Gasteiger partial charge in [0, 0.05) is 17.1 Å². The Morgan fingerprint density at radius 3 is 2.70 bits per heavy atom. The van der Waals surface area contributed by atoms with Crippen molar-refractivity contribution in [2.45, 2.75) is 13.0 Å². The van der Waals surface area contributed by atoms with Gasteiger partial charge in [-0.05, 0) is 31.2 Å². The number of hydrogen-bond donors (Lipinski definition) is 1. The molecule has 3 aromatic rings. The predicted molar refractivity (Wildman–Crippen MR) is 92.1 cm³/mol. The Kier molecular flexibility index (Phi) is 4.68. The van der Waals surface area contributed by atoms with Crippen LogP contribution in [-0.2, 0) is 0 Å². The highest BCUT2D eigenvalue weighted by Gasteiger charge is 2.16. The van der Waals surface area contributed by atoms with Crippen molar-refractivity contribution in [2.24, 2.45) is 0 Å². The van der Waals surface area contributed by atoms with Crippen LogP contribution in [0.25, 0.3) is 10.6 Å². The molecule has 0 radical (unpaired) electrons. The van der Waals surface area contributed by atoms with Crippen LogP contribution in [0.1, 0.15) is 27.6 Å². The number of hydrogen-bond acceptors (Lipinski definition) is 6. The fraction of sp³-hybridized carbons (Fsp3) is 0.188. The molecule has 3 rings (SSSR count). The van der Waals surface area contributed by atoms with Crippen molar-refractivity contribution in [3.05, 3.63) is 51.9 Å². The second-order valence-electron chi connectivity index (χ2n) is 4.82. The number of aromatic nitrogens is 2. The van der Waals surface area contributed by atoms with Crippen LogP contribution in [-0.4, -0.2) is 23.0 Å². The summed E-state index contributed by atoms with van der Waals surface area (Å²) < 4.78 is 5.14. The van der Waals surface area contributed by atoms with Gasteiger partial charge in [-0.3, -0.25) is 4.79 Å². The molecule has 0 fully saturated rings. The van der Waals surface area contributed by atoms with Crippen LogP contribution in [0.2, 0.25) is 0 Å². The van der Waals surface area contributed by atoms with E-state index in [0.717, 1.165) is 21.3 Å². The first-order valence-electron chi connectivity index (χ1n) is 6.98. The van der Waals surface area contributed by atoms with Gasteiger partial charge in [-0.1, -0.05) is 0 Å². The summed E-state index contributed by atoms with van der Waals surface area (Å²) in [5, 5.41) is 6.53. The first-order chi connectivity index (χ1) is 11.2. The molecule has 118 valence electrons. The largest absolute Gasteiger partial charge is 0.497 e. The van der Waals surface area contributed by atoms with E-state index < -0.39 is 0 Å². The fourth-order valence-corrected chi connectivity index (χ4v) is 3.49. The molecule has 7 heteroatoms. The fourth-order valence-electron chi connectivity index (χ4n) is 2.02. The van der Waals surface area contributed by atoms with Gasteiger partial charge in [0.2, 0.25) is 0 Å². The Morgan fingerprint density at radius 2 is 2.04 bits per heavy atom. The standard InChI is InChI=1S/C16H15N3O2S2/c1-10(15-17-7-8-22-15)19-14(20)13-9-18-16(23-13)11-3-5-12(21-2)6-4-11/h3-10H,1-2H3,(H,19,20). The maximum absolute atomic E-state index is 12.3. The van der Waals surface area contributed by atoms with Crippen LogP contribution in [0.5, 0.6) is 5.75 Å². The van der Waals surface area contributed by atoms with Crippen molar-refractivity contribution in [3.63, 3.8) is 0 Å². The van der Waals surface area contributed by atoms with Crippen LogP contribution in [0, 0.1) is 0 Å². The third-order valence-electron chi connectivity index (χ3n) is 3.24. The van der Waals surface area contributed by atoms with Gasteiger partial charge in [0.25, 0.3) is 5.91 Å². The molecule has 2 aromatic heterocycles. The third-order valence-corrected chi connectivity index (χ3v) is 5.24. The first-order valence-corrected chi connectivity index (χ1v) is 8.67. The number of nitrogens with zero attached hydrogens (tertiary/aromatic N) is 2. The maximum Gasteiger partial charge on any atom is 0.263 e. The van der Waals surface area contributed by atoms with Gasteiger partial charge in [-0.25, -0.2) is 9.97 Å². The molecule has 0 saturated heterocycles. The SMILES string of the molecule is COc1ccc(-c2ncc(C(=O)NC(C)c3nccs3)s2)cc1. The molecule has 1 N–H and O–H groups in total. The van der Waals surface area contributed by atoms with Gasteiger partial charge in [0.1, 0.15) is 20.6 Å². The van der Waals surface area contributed by atoms with E-state index in [-0.39, 0.29) is 11.9 Å². The van der Waals surface area contributed by atoms with Crippen molar-refractivity contribution in [2.75, 3.05) is 7.11 Å². The Balaban J connectivity index is 1.71. The lowest BCUT2D eigenvalue weighted by molar-refractivity contribution is 0.0943. The number of benzene rings is 1. The summed E-state index contributed by atoms with van der Waals surface area (Å²) in [6.07, 6.45) is 3.34. The van der Waals surface area contributed by atoms with E-state index >= 15 is 0 Å². The molecule has 0 spiro atoms. The van der Waals surface area contributed by atoms with Crippen LogP contribution in [0.3, 0.4) is 0 Å².